The Labute approximate surface area is 146 Å². The molecule has 8 heteroatoms. The van der Waals surface area contributed by atoms with E-state index >= 15 is 0 Å². The topological polar surface area (TPSA) is 53.4 Å². The number of likely N-dealkylation sites (tertiary alicyclic amines) is 1. The summed E-state index contributed by atoms with van der Waals surface area (Å²) in [5.41, 5.74) is 0.239. The van der Waals surface area contributed by atoms with Gasteiger partial charge in [0.25, 0.3) is 5.91 Å². The number of pyridine rings is 1. The van der Waals surface area contributed by atoms with Crippen molar-refractivity contribution in [3.05, 3.63) is 52.7 Å². The number of hydrogen-bond acceptors (Lipinski definition) is 3. The summed E-state index contributed by atoms with van der Waals surface area (Å²) < 4.78 is 38.0. The van der Waals surface area contributed by atoms with Crippen molar-refractivity contribution >= 4 is 17.5 Å². The number of β-amino-alcohol motifs (C(OH)–C–C–N with tert-alkyl or cyclic N) is 1. The summed E-state index contributed by atoms with van der Waals surface area (Å²) in [5.74, 6) is -0.199. The van der Waals surface area contributed by atoms with E-state index in [0.29, 0.717) is 30.6 Å². The molecule has 1 atom stereocenters. The second kappa shape index (κ2) is 6.65. The monoisotopic (exact) mass is 370 g/mol. The van der Waals surface area contributed by atoms with Crippen LogP contribution >= 0.6 is 11.6 Å². The quantitative estimate of drug-likeness (QED) is 0.878. The lowest BCUT2D eigenvalue weighted by Gasteiger charge is -2.15. The fourth-order valence-electron chi connectivity index (χ4n) is 2.68. The summed E-state index contributed by atoms with van der Waals surface area (Å²) in [6.07, 6.45) is -3.73. The number of carbonyl (C=O) groups is 1. The van der Waals surface area contributed by atoms with E-state index in [-0.39, 0.29) is 16.6 Å². The van der Waals surface area contributed by atoms with E-state index in [1.165, 1.54) is 0 Å². The fourth-order valence-corrected chi connectivity index (χ4v) is 2.96. The molecule has 0 aliphatic carbocycles. The highest BCUT2D eigenvalue weighted by Crippen LogP contribution is 2.34. The number of hydrogen-bond donors (Lipinski definition) is 1. The number of nitrogens with zero attached hydrogens (tertiary/aromatic N) is 2. The molecular weight excluding hydrogens is 357 g/mol. The van der Waals surface area contributed by atoms with Crippen LogP contribution in [-0.2, 0) is 6.18 Å². The van der Waals surface area contributed by atoms with Crippen molar-refractivity contribution in [3.8, 4) is 11.3 Å². The van der Waals surface area contributed by atoms with Crippen molar-refractivity contribution in [1.82, 2.24) is 9.88 Å². The maximum absolute atomic E-state index is 12.7. The van der Waals surface area contributed by atoms with Crippen LogP contribution < -0.4 is 0 Å². The first kappa shape index (κ1) is 17.7. The predicted molar refractivity (Wildman–Crippen MR) is 86.2 cm³/mol. The maximum Gasteiger partial charge on any atom is 0.417 e. The lowest BCUT2D eigenvalue weighted by molar-refractivity contribution is -0.137. The minimum atomic E-state index is -4.51. The van der Waals surface area contributed by atoms with Crippen LogP contribution in [0.25, 0.3) is 11.3 Å². The number of aromatic nitrogens is 1. The molecule has 0 unspecified atom stereocenters. The average Bonchev–Trinajstić information content (AvgIpc) is 3.00. The number of benzene rings is 1. The second-order valence-corrected chi connectivity index (χ2v) is 6.23. The Morgan fingerprint density at radius 2 is 1.96 bits per heavy atom. The summed E-state index contributed by atoms with van der Waals surface area (Å²) in [6.45, 7) is 0.793. The number of alkyl halides is 3. The third kappa shape index (κ3) is 3.77. The van der Waals surface area contributed by atoms with Gasteiger partial charge in [0.1, 0.15) is 0 Å². The Morgan fingerprint density at radius 3 is 2.48 bits per heavy atom. The Hall–Kier alpha value is -2.12. The van der Waals surface area contributed by atoms with Gasteiger partial charge in [0.2, 0.25) is 0 Å². The van der Waals surface area contributed by atoms with Crippen LogP contribution in [-0.4, -0.2) is 40.1 Å². The van der Waals surface area contributed by atoms with Gasteiger partial charge in [0, 0.05) is 30.4 Å². The van der Waals surface area contributed by atoms with Gasteiger partial charge in [0.05, 0.1) is 22.4 Å². The molecule has 0 spiro atoms. The largest absolute Gasteiger partial charge is 0.417 e. The van der Waals surface area contributed by atoms with Gasteiger partial charge in [-0.2, -0.15) is 13.2 Å². The van der Waals surface area contributed by atoms with Gasteiger partial charge >= 0.3 is 6.18 Å². The number of amides is 1. The summed E-state index contributed by atoms with van der Waals surface area (Å²) in [5, 5.41) is 9.39. The van der Waals surface area contributed by atoms with Crippen molar-refractivity contribution in [2.24, 2.45) is 0 Å². The van der Waals surface area contributed by atoms with Gasteiger partial charge in [-0.25, -0.2) is 0 Å². The molecule has 1 fully saturated rings. The van der Waals surface area contributed by atoms with E-state index < -0.39 is 17.8 Å². The lowest BCUT2D eigenvalue weighted by atomic mass is 10.1. The SMILES string of the molecule is O=C(c1ccc(-c2ncc(C(F)(F)F)cc2Cl)cc1)N1CC[C@@H](O)C1. The summed E-state index contributed by atoms with van der Waals surface area (Å²) in [6, 6.07) is 7.13. The molecule has 25 heavy (non-hydrogen) atoms. The van der Waals surface area contributed by atoms with E-state index in [1.54, 1.807) is 29.2 Å². The molecule has 4 nitrogen and oxygen atoms in total. The normalized spacial score (nSPS) is 17.8. The first-order valence-corrected chi connectivity index (χ1v) is 7.94. The van der Waals surface area contributed by atoms with Gasteiger partial charge in [-0.1, -0.05) is 23.7 Å². The van der Waals surface area contributed by atoms with Crippen LogP contribution in [0.4, 0.5) is 13.2 Å². The zero-order valence-electron chi connectivity index (χ0n) is 12.9. The van der Waals surface area contributed by atoms with Gasteiger partial charge < -0.3 is 10.0 Å². The Bertz CT molecular complexity index is 793. The van der Waals surface area contributed by atoms with E-state index in [1.807, 2.05) is 0 Å². The van der Waals surface area contributed by atoms with Gasteiger partial charge in [-0.05, 0) is 24.6 Å². The van der Waals surface area contributed by atoms with E-state index in [0.717, 1.165) is 12.3 Å². The van der Waals surface area contributed by atoms with Crippen LogP contribution in [0.1, 0.15) is 22.3 Å². The molecule has 1 aliphatic heterocycles. The second-order valence-electron chi connectivity index (χ2n) is 5.82. The highest BCUT2D eigenvalue weighted by atomic mass is 35.5. The maximum atomic E-state index is 12.7. The van der Waals surface area contributed by atoms with Gasteiger partial charge in [-0.15, -0.1) is 0 Å². The number of aliphatic hydroxyl groups is 1. The van der Waals surface area contributed by atoms with Crippen LogP contribution in [0.3, 0.4) is 0 Å². The lowest BCUT2D eigenvalue weighted by Crippen LogP contribution is -2.29. The molecule has 1 aliphatic rings. The summed E-state index contributed by atoms with van der Waals surface area (Å²) in [7, 11) is 0. The molecule has 0 saturated carbocycles. The number of aliphatic hydroxyl groups excluding tert-OH is 1. The Morgan fingerprint density at radius 1 is 1.28 bits per heavy atom. The summed E-state index contributed by atoms with van der Waals surface area (Å²) >= 11 is 5.93. The van der Waals surface area contributed by atoms with Crippen LogP contribution in [0.5, 0.6) is 0 Å². The molecular formula is C17H14ClF3N2O2. The van der Waals surface area contributed by atoms with Gasteiger partial charge in [0.15, 0.2) is 0 Å². The molecule has 132 valence electrons. The van der Waals surface area contributed by atoms with Gasteiger partial charge in [-0.3, -0.25) is 9.78 Å². The number of halogens is 4. The third-order valence-corrected chi connectivity index (χ3v) is 4.31. The Kier molecular flexibility index (Phi) is 4.71. The molecule has 3 rings (SSSR count). The first-order chi connectivity index (χ1) is 11.8. The van der Waals surface area contributed by atoms with Crippen molar-refractivity contribution in [2.45, 2.75) is 18.7 Å². The standard InChI is InChI=1S/C17H14ClF3N2O2/c18-14-7-12(17(19,20)21)8-22-15(14)10-1-3-11(4-2-10)16(25)23-6-5-13(24)9-23/h1-4,7-8,13,24H,5-6,9H2/t13-/m1/s1. The zero-order chi connectivity index (χ0) is 18.2. The molecule has 1 N–H and O–H groups in total. The molecule has 1 amide bonds. The van der Waals surface area contributed by atoms with Crippen LogP contribution in [0.15, 0.2) is 36.5 Å². The molecule has 1 aromatic carbocycles. The number of carbonyl (C=O) groups excluding carboxylic acids is 1. The minimum Gasteiger partial charge on any atom is -0.391 e. The molecule has 1 aromatic heterocycles. The first-order valence-electron chi connectivity index (χ1n) is 7.56. The van der Waals surface area contributed by atoms with Crippen LogP contribution in [0.2, 0.25) is 5.02 Å². The molecule has 2 aromatic rings. The summed E-state index contributed by atoms with van der Waals surface area (Å²) in [4.78, 5) is 17.7. The minimum absolute atomic E-state index is 0.114. The van der Waals surface area contributed by atoms with E-state index in [4.69, 9.17) is 11.6 Å². The Balaban J connectivity index is 1.82. The van der Waals surface area contributed by atoms with Crippen molar-refractivity contribution in [1.29, 1.82) is 0 Å². The van der Waals surface area contributed by atoms with E-state index in [2.05, 4.69) is 4.98 Å². The number of rotatable bonds is 2. The highest BCUT2D eigenvalue weighted by Gasteiger charge is 2.31. The van der Waals surface area contributed by atoms with E-state index in [9.17, 15) is 23.1 Å². The van der Waals surface area contributed by atoms with Crippen molar-refractivity contribution in [2.75, 3.05) is 13.1 Å². The molecule has 1 saturated heterocycles. The average molecular weight is 371 g/mol. The third-order valence-electron chi connectivity index (χ3n) is 4.02. The smallest absolute Gasteiger partial charge is 0.391 e. The van der Waals surface area contributed by atoms with Crippen molar-refractivity contribution < 1.29 is 23.1 Å². The zero-order valence-corrected chi connectivity index (χ0v) is 13.7. The van der Waals surface area contributed by atoms with Crippen LogP contribution in [0, 0.1) is 0 Å². The molecule has 0 radical (unpaired) electrons. The molecule has 0 bridgehead atoms. The fraction of sp³-hybridized carbons (Fsp3) is 0.294. The van der Waals surface area contributed by atoms with Crippen molar-refractivity contribution in [3.63, 3.8) is 0 Å². The highest BCUT2D eigenvalue weighted by molar-refractivity contribution is 6.33. The predicted octanol–water partition coefficient (Wildman–Crippen LogP) is 3.63. The molecule has 2 heterocycles.